The van der Waals surface area contributed by atoms with Crippen molar-refractivity contribution in [1.29, 1.82) is 0 Å². The van der Waals surface area contributed by atoms with Gasteiger partial charge in [-0.2, -0.15) is 0 Å². The van der Waals surface area contributed by atoms with Gasteiger partial charge in [0.05, 0.1) is 24.8 Å². The first-order valence-corrected chi connectivity index (χ1v) is 8.50. The Balaban J connectivity index is 1.62. The molecule has 0 saturated carbocycles. The fraction of sp³-hybridized carbons (Fsp3) is 0.222. The van der Waals surface area contributed by atoms with Crippen LogP contribution in [0.5, 0.6) is 11.5 Å². The van der Waals surface area contributed by atoms with Crippen molar-refractivity contribution in [2.45, 2.75) is 6.42 Å². The van der Waals surface area contributed by atoms with Crippen molar-refractivity contribution in [2.24, 2.45) is 0 Å². The molecule has 0 amide bonds. The summed E-state index contributed by atoms with van der Waals surface area (Å²) in [4.78, 5) is 9.97. The summed E-state index contributed by atoms with van der Waals surface area (Å²) in [6.07, 6.45) is 2.62. The molecule has 0 bridgehead atoms. The van der Waals surface area contributed by atoms with Crippen LogP contribution in [0.4, 0.5) is 5.95 Å². The summed E-state index contributed by atoms with van der Waals surface area (Å²) >= 11 is 1.67. The zero-order chi connectivity index (χ0) is 16.8. The molecule has 3 rings (SSSR count). The van der Waals surface area contributed by atoms with Gasteiger partial charge in [-0.05, 0) is 41.6 Å². The van der Waals surface area contributed by atoms with Crippen molar-refractivity contribution >= 4 is 17.3 Å². The summed E-state index contributed by atoms with van der Waals surface area (Å²) < 4.78 is 10.6. The molecule has 0 spiro atoms. The molecule has 124 valence electrons. The van der Waals surface area contributed by atoms with Crippen LogP contribution in [0.1, 0.15) is 5.56 Å². The quantitative estimate of drug-likeness (QED) is 0.707. The van der Waals surface area contributed by atoms with E-state index in [-0.39, 0.29) is 0 Å². The molecule has 0 aliphatic heterocycles. The van der Waals surface area contributed by atoms with Crippen LogP contribution in [0.2, 0.25) is 0 Å². The van der Waals surface area contributed by atoms with E-state index < -0.39 is 0 Å². The number of aromatic nitrogens is 2. The molecule has 0 atom stereocenters. The largest absolute Gasteiger partial charge is 0.493 e. The summed E-state index contributed by atoms with van der Waals surface area (Å²) in [6, 6.07) is 11.9. The molecule has 0 aliphatic rings. The van der Waals surface area contributed by atoms with Crippen LogP contribution in [-0.4, -0.2) is 30.7 Å². The number of hydrogen-bond acceptors (Lipinski definition) is 6. The third-order valence-corrected chi connectivity index (χ3v) is 4.47. The fourth-order valence-corrected chi connectivity index (χ4v) is 3.06. The van der Waals surface area contributed by atoms with Gasteiger partial charge < -0.3 is 14.8 Å². The molecular formula is C18H19N3O2S. The van der Waals surface area contributed by atoms with Crippen molar-refractivity contribution in [2.75, 3.05) is 26.1 Å². The van der Waals surface area contributed by atoms with E-state index in [0.29, 0.717) is 5.95 Å². The van der Waals surface area contributed by atoms with Gasteiger partial charge in [-0.15, -0.1) is 11.3 Å². The standard InChI is InChI=1S/C18H19N3O2S/c1-22-15-6-5-13(12-16(15)23-2)7-9-19-18-20-10-8-14(21-18)17-4-3-11-24-17/h3-6,8,10-12H,7,9H2,1-2H3,(H,19,20,21). The topological polar surface area (TPSA) is 56.3 Å². The van der Waals surface area contributed by atoms with Crippen molar-refractivity contribution in [1.82, 2.24) is 9.97 Å². The summed E-state index contributed by atoms with van der Waals surface area (Å²) in [5.41, 5.74) is 2.10. The fourth-order valence-electron chi connectivity index (χ4n) is 2.36. The van der Waals surface area contributed by atoms with Crippen LogP contribution < -0.4 is 14.8 Å². The minimum Gasteiger partial charge on any atom is -0.493 e. The number of rotatable bonds is 7. The maximum absolute atomic E-state index is 5.33. The first-order valence-electron chi connectivity index (χ1n) is 7.62. The Kier molecular flexibility index (Phi) is 5.28. The summed E-state index contributed by atoms with van der Waals surface area (Å²) in [5, 5.41) is 5.32. The van der Waals surface area contributed by atoms with Gasteiger partial charge in [-0.3, -0.25) is 0 Å². The smallest absolute Gasteiger partial charge is 0.223 e. The molecule has 6 heteroatoms. The Labute approximate surface area is 145 Å². The maximum Gasteiger partial charge on any atom is 0.223 e. The number of benzene rings is 1. The number of methoxy groups -OCH3 is 2. The second-order valence-corrected chi connectivity index (χ2v) is 6.06. The lowest BCUT2D eigenvalue weighted by Crippen LogP contribution is -2.08. The number of hydrogen-bond donors (Lipinski definition) is 1. The Morgan fingerprint density at radius 2 is 1.96 bits per heavy atom. The molecule has 0 fully saturated rings. The first-order chi connectivity index (χ1) is 11.8. The van der Waals surface area contributed by atoms with E-state index in [2.05, 4.69) is 21.4 Å². The lowest BCUT2D eigenvalue weighted by molar-refractivity contribution is 0.354. The molecule has 0 saturated heterocycles. The molecule has 2 aromatic heterocycles. The molecule has 3 aromatic rings. The van der Waals surface area contributed by atoms with Crippen molar-refractivity contribution in [3.8, 4) is 22.1 Å². The molecule has 0 unspecified atom stereocenters. The first kappa shape index (κ1) is 16.3. The van der Waals surface area contributed by atoms with E-state index in [0.717, 1.165) is 40.6 Å². The maximum atomic E-state index is 5.33. The second kappa shape index (κ2) is 7.79. The number of ether oxygens (including phenoxy) is 2. The molecule has 0 aliphatic carbocycles. The SMILES string of the molecule is COc1ccc(CCNc2nccc(-c3cccs3)n2)cc1OC. The predicted octanol–water partition coefficient (Wildman–Crippen LogP) is 3.88. The Morgan fingerprint density at radius 3 is 2.71 bits per heavy atom. The van der Waals surface area contributed by atoms with Gasteiger partial charge in [0.1, 0.15) is 0 Å². The average Bonchev–Trinajstić information content (AvgIpc) is 3.16. The van der Waals surface area contributed by atoms with E-state index >= 15 is 0 Å². The molecule has 2 heterocycles. The van der Waals surface area contributed by atoms with Gasteiger partial charge in [-0.25, -0.2) is 9.97 Å². The van der Waals surface area contributed by atoms with Gasteiger partial charge >= 0.3 is 0 Å². The number of thiophene rings is 1. The minimum absolute atomic E-state index is 0.640. The highest BCUT2D eigenvalue weighted by atomic mass is 32.1. The summed E-state index contributed by atoms with van der Waals surface area (Å²) in [6.45, 7) is 0.739. The van der Waals surface area contributed by atoms with Crippen molar-refractivity contribution < 1.29 is 9.47 Å². The van der Waals surface area contributed by atoms with Crippen LogP contribution >= 0.6 is 11.3 Å². The number of nitrogens with one attached hydrogen (secondary N) is 1. The van der Waals surface area contributed by atoms with Gasteiger partial charge in [0.2, 0.25) is 5.95 Å². The average molecular weight is 341 g/mol. The van der Waals surface area contributed by atoms with Crippen LogP contribution in [-0.2, 0) is 6.42 Å². The highest BCUT2D eigenvalue weighted by Gasteiger charge is 2.06. The van der Waals surface area contributed by atoms with Gasteiger partial charge in [0, 0.05) is 12.7 Å². The van der Waals surface area contributed by atoms with Crippen molar-refractivity contribution in [3.05, 3.63) is 53.5 Å². The number of nitrogens with zero attached hydrogens (tertiary/aromatic N) is 2. The molecule has 1 aromatic carbocycles. The van der Waals surface area contributed by atoms with Crippen molar-refractivity contribution in [3.63, 3.8) is 0 Å². The lowest BCUT2D eigenvalue weighted by Gasteiger charge is -2.10. The van der Waals surface area contributed by atoms with Gasteiger partial charge in [-0.1, -0.05) is 12.1 Å². The zero-order valence-corrected chi connectivity index (χ0v) is 14.5. The van der Waals surface area contributed by atoms with E-state index in [4.69, 9.17) is 9.47 Å². The third kappa shape index (κ3) is 3.83. The van der Waals surface area contributed by atoms with Crippen LogP contribution in [0, 0.1) is 0 Å². The Morgan fingerprint density at radius 1 is 1.08 bits per heavy atom. The van der Waals surface area contributed by atoms with Crippen LogP contribution in [0.3, 0.4) is 0 Å². The second-order valence-electron chi connectivity index (χ2n) is 5.11. The monoisotopic (exact) mass is 341 g/mol. The predicted molar refractivity (Wildman–Crippen MR) is 97.1 cm³/mol. The molecule has 0 radical (unpaired) electrons. The normalized spacial score (nSPS) is 10.4. The van der Waals surface area contributed by atoms with Crippen LogP contribution in [0.25, 0.3) is 10.6 Å². The Bertz CT molecular complexity index is 791. The molecular weight excluding hydrogens is 322 g/mol. The highest BCUT2D eigenvalue weighted by Crippen LogP contribution is 2.27. The lowest BCUT2D eigenvalue weighted by atomic mass is 10.1. The Hall–Kier alpha value is -2.60. The summed E-state index contributed by atoms with van der Waals surface area (Å²) in [5.74, 6) is 2.12. The third-order valence-electron chi connectivity index (χ3n) is 3.57. The molecule has 5 nitrogen and oxygen atoms in total. The summed E-state index contributed by atoms with van der Waals surface area (Å²) in [7, 11) is 3.28. The van der Waals surface area contributed by atoms with E-state index in [1.165, 1.54) is 0 Å². The minimum atomic E-state index is 0.640. The number of anilines is 1. The zero-order valence-electron chi connectivity index (χ0n) is 13.7. The van der Waals surface area contributed by atoms with Gasteiger partial charge in [0.25, 0.3) is 0 Å². The van der Waals surface area contributed by atoms with E-state index in [1.54, 1.807) is 31.8 Å². The van der Waals surface area contributed by atoms with E-state index in [9.17, 15) is 0 Å². The molecule has 24 heavy (non-hydrogen) atoms. The van der Waals surface area contributed by atoms with Gasteiger partial charge in [0.15, 0.2) is 11.5 Å². The van der Waals surface area contributed by atoms with E-state index in [1.807, 2.05) is 35.7 Å². The highest BCUT2D eigenvalue weighted by molar-refractivity contribution is 7.13. The van der Waals surface area contributed by atoms with Crippen LogP contribution in [0.15, 0.2) is 48.0 Å². The molecule has 1 N–H and O–H groups in total.